The second-order valence-electron chi connectivity index (χ2n) is 10.3. The Morgan fingerprint density at radius 3 is 1.82 bits per heavy atom. The predicted octanol–water partition coefficient (Wildman–Crippen LogP) is 7.30. The number of hydrogen-bond acceptors (Lipinski definition) is 4. The van der Waals surface area contributed by atoms with Gasteiger partial charge in [-0.1, -0.05) is 94.8 Å². The molecule has 1 heterocycles. The Balaban J connectivity index is 0.000000362. The van der Waals surface area contributed by atoms with Crippen molar-refractivity contribution in [2.24, 2.45) is 11.8 Å². The van der Waals surface area contributed by atoms with Crippen molar-refractivity contribution < 1.29 is 30.3 Å². The second-order valence-corrected chi connectivity index (χ2v) is 10.3. The van der Waals surface area contributed by atoms with E-state index in [0.29, 0.717) is 6.42 Å². The van der Waals surface area contributed by atoms with Gasteiger partial charge in [-0.25, -0.2) is 0 Å². The van der Waals surface area contributed by atoms with Crippen molar-refractivity contribution >= 4 is 0 Å². The maximum atomic E-state index is 9.39. The van der Waals surface area contributed by atoms with Crippen LogP contribution in [0.4, 0.5) is 0 Å². The van der Waals surface area contributed by atoms with Gasteiger partial charge in [-0.3, -0.25) is 4.98 Å². The number of aliphatic hydroxyl groups is 2. The Labute approximate surface area is 241 Å². The minimum atomic E-state index is -0.368. The Morgan fingerprint density at radius 1 is 0.711 bits per heavy atom. The summed E-state index contributed by atoms with van der Waals surface area (Å²) in [4.78, 5) is 9.72. The largest absolute Gasteiger partial charge is 0.393 e. The summed E-state index contributed by atoms with van der Waals surface area (Å²) in [5.74, 6) is 0.479. The van der Waals surface area contributed by atoms with Crippen molar-refractivity contribution in [3.8, 4) is 33.8 Å². The van der Waals surface area contributed by atoms with E-state index in [1.54, 1.807) is 0 Å². The summed E-state index contributed by atoms with van der Waals surface area (Å²) in [5, 5.41) is 18.8. The van der Waals surface area contributed by atoms with Gasteiger partial charge in [0.2, 0.25) is 0 Å². The molecule has 0 bridgehead atoms. The van der Waals surface area contributed by atoms with Crippen LogP contribution in [-0.2, 0) is 20.1 Å². The van der Waals surface area contributed by atoms with Crippen molar-refractivity contribution in [3.63, 3.8) is 0 Å². The van der Waals surface area contributed by atoms with Gasteiger partial charge in [0, 0.05) is 37.6 Å². The molecule has 0 aliphatic rings. The third kappa shape index (κ3) is 8.96. The average Bonchev–Trinajstić information content (AvgIpc) is 2.90. The Hall–Kier alpha value is -2.69. The molecule has 4 rings (SSSR count). The van der Waals surface area contributed by atoms with E-state index in [4.69, 9.17) is 9.97 Å². The molecule has 1 radical (unpaired) electrons. The van der Waals surface area contributed by atoms with Crippen molar-refractivity contribution in [1.29, 1.82) is 0 Å². The van der Waals surface area contributed by atoms with E-state index in [-0.39, 0.29) is 44.1 Å². The molecule has 3 aromatic carbocycles. The van der Waals surface area contributed by atoms with Crippen LogP contribution in [0.15, 0.2) is 79.0 Å². The SMILES string of the molecule is CC(C)C(O)CC(O)C(C)C.Cc1c[c-]c(-c2ncc(-c3ccccc3)nc2-c2ccc(C)cc2)cc1.[Ir]. The molecule has 4 nitrogen and oxygen atoms in total. The third-order valence-electron chi connectivity index (χ3n) is 6.41. The van der Waals surface area contributed by atoms with E-state index < -0.39 is 0 Å². The van der Waals surface area contributed by atoms with Gasteiger partial charge in [-0.2, -0.15) is 0 Å². The molecule has 1 aromatic heterocycles. The van der Waals surface area contributed by atoms with E-state index in [0.717, 1.165) is 33.8 Å². The topological polar surface area (TPSA) is 66.2 Å². The van der Waals surface area contributed by atoms with Gasteiger partial charge >= 0.3 is 0 Å². The minimum absolute atomic E-state index is 0. The van der Waals surface area contributed by atoms with E-state index in [2.05, 4.69) is 68.4 Å². The monoisotopic (exact) mass is 688 g/mol. The Bertz CT molecular complexity index is 1230. The number of aliphatic hydroxyl groups excluding tert-OH is 2. The van der Waals surface area contributed by atoms with Crippen LogP contribution < -0.4 is 0 Å². The summed E-state index contributed by atoms with van der Waals surface area (Å²) >= 11 is 0. The number of rotatable bonds is 7. The van der Waals surface area contributed by atoms with Gasteiger partial charge < -0.3 is 15.2 Å². The molecule has 0 saturated carbocycles. The molecular weight excluding hydrogens is 649 g/mol. The van der Waals surface area contributed by atoms with Crippen LogP contribution in [0.1, 0.15) is 45.2 Å². The molecule has 38 heavy (non-hydrogen) atoms. The summed E-state index contributed by atoms with van der Waals surface area (Å²) in [6, 6.07) is 28.0. The van der Waals surface area contributed by atoms with Crippen molar-refractivity contribution in [3.05, 3.63) is 96.2 Å². The average molecular weight is 688 g/mol. The first-order valence-electron chi connectivity index (χ1n) is 13.0. The quantitative estimate of drug-likeness (QED) is 0.200. The maximum absolute atomic E-state index is 9.39. The molecule has 2 unspecified atom stereocenters. The third-order valence-corrected chi connectivity index (χ3v) is 6.41. The molecule has 5 heteroatoms. The maximum Gasteiger partial charge on any atom is 0.0873 e. The van der Waals surface area contributed by atoms with Gasteiger partial charge in [0.1, 0.15) is 0 Å². The number of benzene rings is 3. The van der Waals surface area contributed by atoms with Gasteiger partial charge in [-0.15, -0.1) is 35.4 Å². The van der Waals surface area contributed by atoms with Gasteiger partial charge in [0.25, 0.3) is 0 Å². The van der Waals surface area contributed by atoms with Gasteiger partial charge in [-0.05, 0) is 30.7 Å². The molecule has 0 aliphatic heterocycles. The standard InChI is InChI=1S/C24H19N2.C9H20O2.Ir/c1-17-8-12-20(13-9-17)23-24(21-14-10-18(2)11-15-21)26-22(16-25-23)19-6-4-3-5-7-19;1-6(2)8(10)5-9(11)7(3)4;/h3-12,14-16H,1-2H3;6-11H,5H2,1-4H3;/q-1;;. The van der Waals surface area contributed by atoms with E-state index >= 15 is 0 Å². The first-order chi connectivity index (χ1) is 17.7. The molecule has 0 amide bonds. The second kappa shape index (κ2) is 15.0. The molecule has 2 atom stereocenters. The van der Waals surface area contributed by atoms with Crippen molar-refractivity contribution in [1.82, 2.24) is 9.97 Å². The van der Waals surface area contributed by atoms with Gasteiger partial charge in [0.15, 0.2) is 0 Å². The molecule has 0 spiro atoms. The van der Waals surface area contributed by atoms with Crippen LogP contribution in [0.3, 0.4) is 0 Å². The molecular formula is C33H39IrN2O2-. The van der Waals surface area contributed by atoms with Crippen LogP contribution >= 0.6 is 0 Å². The summed E-state index contributed by atoms with van der Waals surface area (Å²) in [7, 11) is 0. The van der Waals surface area contributed by atoms with E-state index in [1.807, 2.05) is 58.2 Å². The molecule has 4 aromatic rings. The van der Waals surface area contributed by atoms with Crippen molar-refractivity contribution in [2.45, 2.75) is 60.2 Å². The summed E-state index contributed by atoms with van der Waals surface area (Å²) in [6.45, 7) is 12.0. The predicted molar refractivity (Wildman–Crippen MR) is 153 cm³/mol. The van der Waals surface area contributed by atoms with Crippen LogP contribution in [0.2, 0.25) is 0 Å². The van der Waals surface area contributed by atoms with Crippen LogP contribution in [-0.4, -0.2) is 32.4 Å². The fourth-order valence-electron chi connectivity index (χ4n) is 3.69. The zero-order chi connectivity index (χ0) is 26.9. The summed E-state index contributed by atoms with van der Waals surface area (Å²) in [5.41, 5.74) is 8.09. The first kappa shape index (κ1) is 31.5. The molecule has 0 aliphatic carbocycles. The molecule has 0 saturated heterocycles. The number of aryl methyl sites for hydroxylation is 2. The zero-order valence-corrected chi connectivity index (χ0v) is 25.5. The first-order valence-corrected chi connectivity index (χ1v) is 13.0. The summed E-state index contributed by atoms with van der Waals surface area (Å²) < 4.78 is 0. The zero-order valence-electron chi connectivity index (χ0n) is 23.1. The van der Waals surface area contributed by atoms with Gasteiger partial charge in [0.05, 0.1) is 23.6 Å². The number of hydrogen-bond donors (Lipinski definition) is 2. The molecule has 2 N–H and O–H groups in total. The Morgan fingerprint density at radius 2 is 1.29 bits per heavy atom. The molecule has 203 valence electrons. The smallest absolute Gasteiger partial charge is 0.0873 e. The van der Waals surface area contributed by atoms with Crippen LogP contribution in [0.5, 0.6) is 0 Å². The van der Waals surface area contributed by atoms with E-state index in [1.165, 1.54) is 11.1 Å². The molecule has 0 fully saturated rings. The number of aromatic nitrogens is 2. The normalized spacial score (nSPS) is 12.4. The van der Waals surface area contributed by atoms with Crippen molar-refractivity contribution in [2.75, 3.05) is 0 Å². The van der Waals surface area contributed by atoms with Crippen LogP contribution in [0.25, 0.3) is 33.8 Å². The summed E-state index contributed by atoms with van der Waals surface area (Å²) in [6.07, 6.45) is 1.60. The Kier molecular flexibility index (Phi) is 12.5. The minimum Gasteiger partial charge on any atom is -0.393 e. The van der Waals surface area contributed by atoms with Crippen LogP contribution in [0, 0.1) is 31.7 Å². The number of nitrogens with zero attached hydrogens (tertiary/aromatic N) is 2. The fourth-order valence-corrected chi connectivity index (χ4v) is 3.69. The van der Waals surface area contributed by atoms with E-state index in [9.17, 15) is 10.2 Å². The fraction of sp³-hybridized carbons (Fsp3) is 0.333.